The van der Waals surface area contributed by atoms with Crippen LogP contribution in [0.3, 0.4) is 0 Å². The lowest BCUT2D eigenvalue weighted by atomic mass is 9.98. The number of nitro groups is 1. The van der Waals surface area contributed by atoms with Gasteiger partial charge < -0.3 is 19.8 Å². The Labute approximate surface area is 172 Å². The van der Waals surface area contributed by atoms with Crippen LogP contribution in [-0.2, 0) is 18.3 Å². The summed E-state index contributed by atoms with van der Waals surface area (Å²) in [5.41, 5.74) is 6.86. The second-order valence-corrected chi connectivity index (χ2v) is 7.24. The summed E-state index contributed by atoms with van der Waals surface area (Å²) in [5, 5.41) is 11.4. The Bertz CT molecular complexity index is 1020. The van der Waals surface area contributed by atoms with Crippen LogP contribution in [0, 0.1) is 10.1 Å². The Morgan fingerprint density at radius 2 is 2.10 bits per heavy atom. The molecule has 1 fully saturated rings. The number of rotatable bonds is 6. The van der Waals surface area contributed by atoms with Crippen molar-refractivity contribution in [3.05, 3.63) is 56.5 Å². The number of hydrogen-bond acceptors (Lipinski definition) is 7. The van der Waals surface area contributed by atoms with Crippen molar-refractivity contribution in [3.63, 3.8) is 0 Å². The number of piperidine rings is 1. The van der Waals surface area contributed by atoms with Gasteiger partial charge in [0, 0.05) is 50.1 Å². The molecule has 1 unspecified atom stereocenters. The number of amides is 1. The molecule has 1 aromatic carbocycles. The van der Waals surface area contributed by atoms with Crippen molar-refractivity contribution in [2.75, 3.05) is 20.2 Å². The van der Waals surface area contributed by atoms with Crippen molar-refractivity contribution in [3.8, 4) is 16.9 Å². The molecule has 0 radical (unpaired) electrons. The fourth-order valence-corrected chi connectivity index (χ4v) is 3.71. The predicted molar refractivity (Wildman–Crippen MR) is 109 cm³/mol. The van der Waals surface area contributed by atoms with Crippen LogP contribution in [0.2, 0.25) is 0 Å². The number of carbonyl (C=O) groups is 1. The van der Waals surface area contributed by atoms with Gasteiger partial charge in [-0.3, -0.25) is 19.8 Å². The van der Waals surface area contributed by atoms with E-state index in [4.69, 9.17) is 15.2 Å². The van der Waals surface area contributed by atoms with Gasteiger partial charge in [0.05, 0.1) is 12.0 Å². The third-order valence-electron chi connectivity index (χ3n) is 5.14. The molecule has 1 atom stereocenters. The Morgan fingerprint density at radius 1 is 1.33 bits per heavy atom. The summed E-state index contributed by atoms with van der Waals surface area (Å²) in [5.74, 6) is 0.341. The quantitative estimate of drug-likeness (QED) is 0.563. The lowest BCUT2D eigenvalue weighted by Gasteiger charge is -2.32. The van der Waals surface area contributed by atoms with Crippen molar-refractivity contribution >= 4 is 11.8 Å². The van der Waals surface area contributed by atoms with Gasteiger partial charge >= 0.3 is 6.09 Å². The van der Waals surface area contributed by atoms with E-state index >= 15 is 0 Å². The number of pyridine rings is 1. The average molecular weight is 416 g/mol. The maximum Gasteiger partial charge on any atom is 0.404 e. The van der Waals surface area contributed by atoms with Crippen molar-refractivity contribution in [2.45, 2.75) is 25.5 Å². The first-order chi connectivity index (χ1) is 14.3. The SMILES string of the molecule is COc1cc(=O)n(C)cc1-c1cc([N+](=O)[O-])ccc1CN1CCCC(OC(N)=O)C1. The zero-order chi connectivity index (χ0) is 21.8. The highest BCUT2D eigenvalue weighted by Gasteiger charge is 2.24. The number of benzene rings is 1. The molecule has 30 heavy (non-hydrogen) atoms. The first kappa shape index (κ1) is 21.3. The molecule has 10 nitrogen and oxygen atoms in total. The number of nitrogens with two attached hydrogens (primary N) is 1. The summed E-state index contributed by atoms with van der Waals surface area (Å²) in [6.45, 7) is 1.79. The van der Waals surface area contributed by atoms with Gasteiger partial charge in [-0.2, -0.15) is 0 Å². The summed E-state index contributed by atoms with van der Waals surface area (Å²) in [6.07, 6.45) is 2.10. The number of non-ortho nitro benzene ring substituents is 1. The van der Waals surface area contributed by atoms with E-state index in [0.717, 1.165) is 24.9 Å². The predicted octanol–water partition coefficient (Wildman–Crippen LogP) is 2.03. The second kappa shape index (κ2) is 8.95. The maximum absolute atomic E-state index is 12.0. The van der Waals surface area contributed by atoms with E-state index in [1.165, 1.54) is 29.9 Å². The number of hydrogen-bond donors (Lipinski definition) is 1. The first-order valence-electron chi connectivity index (χ1n) is 9.49. The molecular formula is C20H24N4O6. The third-order valence-corrected chi connectivity index (χ3v) is 5.14. The Morgan fingerprint density at radius 3 is 2.77 bits per heavy atom. The van der Waals surface area contributed by atoms with E-state index < -0.39 is 11.0 Å². The van der Waals surface area contributed by atoms with Crippen molar-refractivity contribution in [1.82, 2.24) is 9.47 Å². The lowest BCUT2D eigenvalue weighted by Crippen LogP contribution is -2.41. The molecule has 10 heteroatoms. The Kier molecular flexibility index (Phi) is 6.36. The van der Waals surface area contributed by atoms with E-state index in [2.05, 4.69) is 4.90 Å². The number of primary amides is 1. The zero-order valence-corrected chi connectivity index (χ0v) is 16.9. The topological polar surface area (TPSA) is 130 Å². The fraction of sp³-hybridized carbons (Fsp3) is 0.400. The molecule has 160 valence electrons. The largest absolute Gasteiger partial charge is 0.496 e. The van der Waals surface area contributed by atoms with Crippen LogP contribution in [-0.4, -0.2) is 46.8 Å². The summed E-state index contributed by atoms with van der Waals surface area (Å²) >= 11 is 0. The number of aryl methyl sites for hydroxylation is 1. The van der Waals surface area contributed by atoms with Gasteiger partial charge in [0.2, 0.25) is 0 Å². The number of nitrogens with zero attached hydrogens (tertiary/aromatic N) is 3. The molecule has 3 rings (SSSR count). The number of nitro benzene ring substituents is 1. The molecule has 1 saturated heterocycles. The second-order valence-electron chi connectivity index (χ2n) is 7.24. The first-order valence-corrected chi connectivity index (χ1v) is 9.49. The molecule has 0 bridgehead atoms. The molecule has 1 aliphatic heterocycles. The molecule has 1 aromatic heterocycles. The molecule has 1 aliphatic rings. The number of ether oxygens (including phenoxy) is 2. The number of carbonyl (C=O) groups excluding carboxylic acids is 1. The fourth-order valence-electron chi connectivity index (χ4n) is 3.71. The van der Waals surface area contributed by atoms with Crippen LogP contribution in [0.25, 0.3) is 11.1 Å². The van der Waals surface area contributed by atoms with Crippen molar-refractivity contribution in [2.24, 2.45) is 12.8 Å². The highest BCUT2D eigenvalue weighted by Crippen LogP contribution is 2.34. The van der Waals surface area contributed by atoms with E-state index in [0.29, 0.717) is 30.0 Å². The molecular weight excluding hydrogens is 392 g/mol. The summed E-state index contributed by atoms with van der Waals surface area (Å²) in [7, 11) is 3.06. The van der Waals surface area contributed by atoms with Crippen LogP contribution < -0.4 is 16.0 Å². The molecule has 0 spiro atoms. The monoisotopic (exact) mass is 416 g/mol. The number of likely N-dealkylation sites (tertiary alicyclic amines) is 1. The molecule has 1 amide bonds. The van der Waals surface area contributed by atoms with Crippen molar-refractivity contribution in [1.29, 1.82) is 0 Å². The highest BCUT2D eigenvalue weighted by molar-refractivity contribution is 5.74. The molecule has 2 heterocycles. The number of aromatic nitrogens is 1. The standard InChI is InChI=1S/C20H24N4O6/c1-22-12-17(18(29-2)9-19(22)25)16-8-14(24(27)28)6-5-13(16)10-23-7-3-4-15(11-23)30-20(21)26/h5-6,8-9,12,15H,3-4,7,10-11H2,1-2H3,(H2,21,26). The maximum atomic E-state index is 12.0. The molecule has 2 aromatic rings. The molecule has 2 N–H and O–H groups in total. The Hall–Kier alpha value is -3.40. The van der Waals surface area contributed by atoms with Crippen LogP contribution in [0.5, 0.6) is 5.75 Å². The zero-order valence-electron chi connectivity index (χ0n) is 16.9. The van der Waals surface area contributed by atoms with Crippen LogP contribution >= 0.6 is 0 Å². The van der Waals surface area contributed by atoms with Gasteiger partial charge in [0.15, 0.2) is 0 Å². The third kappa shape index (κ3) is 4.77. The van der Waals surface area contributed by atoms with E-state index in [-0.39, 0.29) is 17.4 Å². The lowest BCUT2D eigenvalue weighted by molar-refractivity contribution is -0.384. The summed E-state index contributed by atoms with van der Waals surface area (Å²) in [6, 6.07) is 6.00. The van der Waals surface area contributed by atoms with Gasteiger partial charge in [-0.1, -0.05) is 6.07 Å². The van der Waals surface area contributed by atoms with Gasteiger partial charge in [-0.05, 0) is 30.5 Å². The number of methoxy groups -OCH3 is 1. The average Bonchev–Trinajstić information content (AvgIpc) is 2.69. The molecule has 0 saturated carbocycles. The minimum atomic E-state index is -0.798. The van der Waals surface area contributed by atoms with E-state index in [1.807, 2.05) is 0 Å². The smallest absolute Gasteiger partial charge is 0.404 e. The van der Waals surface area contributed by atoms with Gasteiger partial charge in [0.25, 0.3) is 11.2 Å². The van der Waals surface area contributed by atoms with Crippen LogP contribution in [0.15, 0.2) is 35.3 Å². The highest BCUT2D eigenvalue weighted by atomic mass is 16.6. The minimum absolute atomic E-state index is 0.0572. The normalized spacial score (nSPS) is 16.8. The molecule has 0 aliphatic carbocycles. The van der Waals surface area contributed by atoms with E-state index in [9.17, 15) is 19.7 Å². The van der Waals surface area contributed by atoms with Gasteiger partial charge in [-0.25, -0.2) is 4.79 Å². The summed E-state index contributed by atoms with van der Waals surface area (Å²) < 4.78 is 11.9. The van der Waals surface area contributed by atoms with Gasteiger partial charge in [-0.15, -0.1) is 0 Å². The van der Waals surface area contributed by atoms with Crippen LogP contribution in [0.1, 0.15) is 18.4 Å². The Balaban J connectivity index is 2.00. The van der Waals surface area contributed by atoms with Crippen LogP contribution in [0.4, 0.5) is 10.5 Å². The van der Waals surface area contributed by atoms with Crippen molar-refractivity contribution < 1.29 is 19.2 Å². The minimum Gasteiger partial charge on any atom is -0.496 e. The van der Waals surface area contributed by atoms with Gasteiger partial charge in [0.1, 0.15) is 11.9 Å². The van der Waals surface area contributed by atoms with E-state index in [1.54, 1.807) is 19.3 Å². The summed E-state index contributed by atoms with van der Waals surface area (Å²) in [4.78, 5) is 36.1.